The zero-order valence-electron chi connectivity index (χ0n) is 22.4. The lowest BCUT2D eigenvalue weighted by Crippen LogP contribution is -2.54. The normalized spacial score (nSPS) is 24.0. The first-order valence-corrected chi connectivity index (χ1v) is 13.9. The van der Waals surface area contributed by atoms with Gasteiger partial charge in [0.2, 0.25) is 11.8 Å². The predicted octanol–water partition coefficient (Wildman–Crippen LogP) is 6.80. The number of hydrogen-bond donors (Lipinski definition) is 0. The van der Waals surface area contributed by atoms with Crippen molar-refractivity contribution in [3.8, 4) is 5.75 Å². The van der Waals surface area contributed by atoms with Crippen molar-refractivity contribution in [3.05, 3.63) is 138 Å². The largest absolute Gasteiger partial charge is 0.497 e. The lowest BCUT2D eigenvalue weighted by atomic mass is 9.47. The third-order valence-corrected chi connectivity index (χ3v) is 9.18. The van der Waals surface area contributed by atoms with Gasteiger partial charge in [-0.25, -0.2) is 4.90 Å². The number of benzene rings is 5. The van der Waals surface area contributed by atoms with Crippen LogP contribution in [0.3, 0.4) is 0 Å². The molecular weight excluding hydrogens is 508 g/mol. The molecule has 2 atom stereocenters. The van der Waals surface area contributed by atoms with Gasteiger partial charge in [-0.2, -0.15) is 0 Å². The first kappa shape index (κ1) is 23.8. The van der Waals surface area contributed by atoms with Crippen molar-refractivity contribution >= 4 is 40.2 Å². The molecule has 0 saturated carbocycles. The molecule has 41 heavy (non-hydrogen) atoms. The SMILES string of the molecule is COc1ccc(N=CC23c4ccccc4C(c4ccccc42)[C@H]2C(=O)N(c4cccc5ccccc45)C(=O)[C@@H]23)cc1. The molecule has 2 bridgehead atoms. The van der Waals surface area contributed by atoms with Crippen LogP contribution in [0.15, 0.2) is 120 Å². The molecule has 0 N–H and O–H groups in total. The molecule has 9 rings (SSSR count). The summed E-state index contributed by atoms with van der Waals surface area (Å²) in [6.45, 7) is 0. The van der Waals surface area contributed by atoms with Gasteiger partial charge in [0.1, 0.15) is 5.75 Å². The Labute approximate surface area is 237 Å². The number of methoxy groups -OCH3 is 1. The summed E-state index contributed by atoms with van der Waals surface area (Å²) < 4.78 is 5.33. The molecule has 1 fully saturated rings. The van der Waals surface area contributed by atoms with Gasteiger partial charge in [0.15, 0.2) is 0 Å². The molecule has 5 aromatic rings. The Balaban J connectivity index is 1.38. The number of carbonyl (C=O) groups excluding carboxylic acids is 2. The summed E-state index contributed by atoms with van der Waals surface area (Å²) in [5.74, 6) is -0.933. The third-order valence-electron chi connectivity index (χ3n) is 9.18. The summed E-state index contributed by atoms with van der Waals surface area (Å²) in [5, 5.41) is 1.88. The van der Waals surface area contributed by atoms with Crippen LogP contribution in [0, 0.1) is 11.8 Å². The van der Waals surface area contributed by atoms with Crippen LogP contribution >= 0.6 is 0 Å². The molecule has 0 aromatic heterocycles. The van der Waals surface area contributed by atoms with Crippen LogP contribution in [0.5, 0.6) is 5.75 Å². The van der Waals surface area contributed by atoms with E-state index in [0.29, 0.717) is 5.69 Å². The van der Waals surface area contributed by atoms with Crippen molar-refractivity contribution in [1.82, 2.24) is 0 Å². The molecule has 1 aliphatic heterocycles. The van der Waals surface area contributed by atoms with Crippen LogP contribution in [0.4, 0.5) is 11.4 Å². The highest BCUT2D eigenvalue weighted by Gasteiger charge is 2.68. The van der Waals surface area contributed by atoms with Gasteiger partial charge in [-0.1, -0.05) is 84.9 Å². The average molecular weight is 535 g/mol. The van der Waals surface area contributed by atoms with Crippen LogP contribution in [-0.2, 0) is 15.0 Å². The molecule has 2 amide bonds. The van der Waals surface area contributed by atoms with Crippen molar-refractivity contribution in [1.29, 1.82) is 0 Å². The Morgan fingerprint density at radius 3 is 2.07 bits per heavy atom. The second-order valence-corrected chi connectivity index (χ2v) is 11.0. The maximum Gasteiger partial charge on any atom is 0.239 e. The van der Waals surface area contributed by atoms with Crippen molar-refractivity contribution in [2.75, 3.05) is 12.0 Å². The van der Waals surface area contributed by atoms with E-state index in [2.05, 4.69) is 24.3 Å². The second kappa shape index (κ2) is 8.73. The van der Waals surface area contributed by atoms with Crippen molar-refractivity contribution in [3.63, 3.8) is 0 Å². The molecule has 3 aliphatic carbocycles. The van der Waals surface area contributed by atoms with E-state index in [1.165, 1.54) is 4.90 Å². The minimum atomic E-state index is -0.904. The molecule has 198 valence electrons. The number of fused-ring (bicyclic) bond motifs is 1. The van der Waals surface area contributed by atoms with Gasteiger partial charge in [-0.05, 0) is 58.0 Å². The quantitative estimate of drug-likeness (QED) is 0.188. The van der Waals surface area contributed by atoms with Crippen molar-refractivity contribution in [2.45, 2.75) is 11.3 Å². The number of aliphatic imine (C=N–C) groups is 1. The van der Waals surface area contributed by atoms with Crippen LogP contribution in [0.25, 0.3) is 10.8 Å². The number of ether oxygens (including phenoxy) is 1. The minimum absolute atomic E-state index is 0.146. The summed E-state index contributed by atoms with van der Waals surface area (Å²) >= 11 is 0. The van der Waals surface area contributed by atoms with Crippen LogP contribution < -0.4 is 9.64 Å². The maximum atomic E-state index is 14.7. The monoisotopic (exact) mass is 534 g/mol. The Morgan fingerprint density at radius 2 is 1.37 bits per heavy atom. The van der Waals surface area contributed by atoms with E-state index in [1.807, 2.05) is 97.2 Å². The highest BCUT2D eigenvalue weighted by molar-refractivity contribution is 6.27. The molecule has 0 unspecified atom stereocenters. The molecule has 5 nitrogen and oxygen atoms in total. The Hall–Kier alpha value is -5.03. The van der Waals surface area contributed by atoms with Gasteiger partial charge in [-0.15, -0.1) is 0 Å². The number of amides is 2. The molecule has 1 heterocycles. The average Bonchev–Trinajstić information content (AvgIpc) is 3.30. The van der Waals surface area contributed by atoms with E-state index in [-0.39, 0.29) is 17.7 Å². The number of hydrogen-bond acceptors (Lipinski definition) is 4. The van der Waals surface area contributed by atoms with E-state index in [0.717, 1.165) is 44.5 Å². The number of rotatable bonds is 4. The molecule has 1 saturated heterocycles. The van der Waals surface area contributed by atoms with Crippen molar-refractivity contribution in [2.24, 2.45) is 16.8 Å². The van der Waals surface area contributed by atoms with E-state index >= 15 is 0 Å². The van der Waals surface area contributed by atoms with Gasteiger partial charge < -0.3 is 4.74 Å². The van der Waals surface area contributed by atoms with Gasteiger partial charge >= 0.3 is 0 Å². The van der Waals surface area contributed by atoms with E-state index in [4.69, 9.17) is 9.73 Å². The molecule has 0 radical (unpaired) electrons. The number of anilines is 1. The topological polar surface area (TPSA) is 59.0 Å². The zero-order valence-corrected chi connectivity index (χ0v) is 22.4. The van der Waals surface area contributed by atoms with E-state index < -0.39 is 17.3 Å². The molecule has 4 aliphatic rings. The van der Waals surface area contributed by atoms with Crippen LogP contribution in [0.2, 0.25) is 0 Å². The zero-order chi connectivity index (χ0) is 27.7. The van der Waals surface area contributed by atoms with Gasteiger partial charge in [0.25, 0.3) is 0 Å². The summed E-state index contributed by atoms with van der Waals surface area (Å²) in [6.07, 6.45) is 1.93. The van der Waals surface area contributed by atoms with E-state index in [1.54, 1.807) is 7.11 Å². The fourth-order valence-electron chi connectivity index (χ4n) is 7.54. The summed E-state index contributed by atoms with van der Waals surface area (Å²) in [7, 11) is 1.64. The van der Waals surface area contributed by atoms with Gasteiger partial charge in [0, 0.05) is 17.5 Å². The van der Waals surface area contributed by atoms with Gasteiger partial charge in [0.05, 0.1) is 35.7 Å². The highest BCUT2D eigenvalue weighted by Crippen LogP contribution is 2.64. The first-order chi connectivity index (χ1) is 20.1. The van der Waals surface area contributed by atoms with Crippen LogP contribution in [-0.4, -0.2) is 25.1 Å². The Bertz CT molecular complexity index is 1860. The standard InChI is InChI=1S/C36H26N2O3/c1-41-24-19-17-23(18-20-24)37-21-36-28-14-6-4-12-26(28)31(27-13-5-7-15-29(27)36)32-33(36)35(40)38(34(32)39)30-16-8-10-22-9-2-3-11-25(22)30/h2-21,31-33H,1H3/t31?,32-,33-,36?/m1/s1. The lowest BCUT2D eigenvalue weighted by molar-refractivity contribution is -0.122. The minimum Gasteiger partial charge on any atom is -0.497 e. The summed E-state index contributed by atoms with van der Waals surface area (Å²) in [5.41, 5.74) is 4.76. The van der Waals surface area contributed by atoms with Crippen LogP contribution in [0.1, 0.15) is 28.2 Å². The molecule has 5 aromatic carbocycles. The van der Waals surface area contributed by atoms with E-state index in [9.17, 15) is 9.59 Å². The smallest absolute Gasteiger partial charge is 0.239 e. The molecule has 0 spiro atoms. The maximum absolute atomic E-state index is 14.7. The first-order valence-electron chi connectivity index (χ1n) is 13.9. The Morgan fingerprint density at radius 1 is 0.732 bits per heavy atom. The number of carbonyl (C=O) groups is 2. The summed E-state index contributed by atoms with van der Waals surface area (Å²) in [4.78, 5) is 35.7. The molecular formula is C36H26N2O3. The second-order valence-electron chi connectivity index (χ2n) is 11.0. The lowest BCUT2D eigenvalue weighted by Gasteiger charge is -2.52. The fraction of sp³-hybridized carbons (Fsp3) is 0.139. The predicted molar refractivity (Wildman–Crippen MR) is 160 cm³/mol. The summed E-state index contributed by atoms with van der Waals surface area (Å²) in [6, 6.07) is 37.8. The van der Waals surface area contributed by atoms with Crippen molar-refractivity contribution < 1.29 is 14.3 Å². The highest BCUT2D eigenvalue weighted by atomic mass is 16.5. The third kappa shape index (κ3) is 3.14. The number of nitrogens with zero attached hydrogens (tertiary/aromatic N) is 2. The molecule has 5 heteroatoms. The number of imide groups is 1. The fourth-order valence-corrected chi connectivity index (χ4v) is 7.54. The van der Waals surface area contributed by atoms with Gasteiger partial charge in [-0.3, -0.25) is 14.6 Å². The Kier molecular flexibility index (Phi) is 5.08.